The number of aromatic amines is 1. The summed E-state index contributed by atoms with van der Waals surface area (Å²) >= 11 is 0. The average molecular weight is 447 g/mol. The number of carbonyl (C=O) groups is 1. The summed E-state index contributed by atoms with van der Waals surface area (Å²) in [5.41, 5.74) is 2.49. The van der Waals surface area contributed by atoms with E-state index in [0.717, 1.165) is 5.56 Å². The molecule has 0 saturated heterocycles. The molecule has 7 nitrogen and oxygen atoms in total. The fraction of sp³-hybridized carbons (Fsp3) is 0.125. The first-order valence-corrected chi connectivity index (χ1v) is 11.6. The van der Waals surface area contributed by atoms with Gasteiger partial charge in [0.1, 0.15) is 0 Å². The maximum atomic E-state index is 12.8. The van der Waals surface area contributed by atoms with Crippen LogP contribution in [-0.4, -0.2) is 34.8 Å². The zero-order valence-corrected chi connectivity index (χ0v) is 18.4. The maximum Gasteiger partial charge on any atom is 0.255 e. The molecule has 1 amide bonds. The Bertz CT molecular complexity index is 1350. The first kappa shape index (κ1) is 21.5. The molecule has 0 atom stereocenters. The van der Waals surface area contributed by atoms with Crippen molar-refractivity contribution in [3.63, 3.8) is 0 Å². The minimum Gasteiger partial charge on any atom is -0.321 e. The number of H-pyrrole nitrogens is 1. The number of anilines is 1. The highest BCUT2D eigenvalue weighted by Crippen LogP contribution is 2.27. The van der Waals surface area contributed by atoms with E-state index >= 15 is 0 Å². The molecule has 0 aliphatic heterocycles. The summed E-state index contributed by atoms with van der Waals surface area (Å²) in [7, 11) is -3.39. The van der Waals surface area contributed by atoms with E-state index in [4.69, 9.17) is 0 Å². The zero-order valence-electron chi connectivity index (χ0n) is 17.6. The normalized spacial score (nSPS) is 11.5. The Morgan fingerprint density at radius 2 is 1.56 bits per heavy atom. The van der Waals surface area contributed by atoms with Gasteiger partial charge < -0.3 is 5.32 Å². The molecule has 0 saturated carbocycles. The van der Waals surface area contributed by atoms with Crippen molar-refractivity contribution in [2.45, 2.75) is 24.0 Å². The van der Waals surface area contributed by atoms with E-state index in [1.807, 2.05) is 48.5 Å². The van der Waals surface area contributed by atoms with E-state index in [2.05, 4.69) is 20.5 Å². The molecular weight excluding hydrogens is 424 g/mol. The summed E-state index contributed by atoms with van der Waals surface area (Å²) in [5, 5.41) is 9.56. The number of aromatic nitrogens is 3. The molecule has 8 heteroatoms. The van der Waals surface area contributed by atoms with Crippen LogP contribution in [0.4, 0.5) is 5.69 Å². The monoisotopic (exact) mass is 446 g/mol. The maximum absolute atomic E-state index is 12.8. The van der Waals surface area contributed by atoms with Gasteiger partial charge >= 0.3 is 0 Å². The first-order chi connectivity index (χ1) is 15.4. The Hall–Kier alpha value is -3.78. The molecule has 1 heterocycles. The summed E-state index contributed by atoms with van der Waals surface area (Å²) in [6.07, 6.45) is 0. The van der Waals surface area contributed by atoms with Crippen molar-refractivity contribution in [2.24, 2.45) is 0 Å². The van der Waals surface area contributed by atoms with Crippen LogP contribution in [0, 0.1) is 0 Å². The molecule has 1 aromatic heterocycles. The number of sulfone groups is 1. The van der Waals surface area contributed by atoms with Crippen molar-refractivity contribution in [1.29, 1.82) is 0 Å². The predicted octanol–water partition coefficient (Wildman–Crippen LogP) is 4.57. The third-order valence-electron chi connectivity index (χ3n) is 5.01. The minimum atomic E-state index is -3.39. The van der Waals surface area contributed by atoms with E-state index in [1.165, 1.54) is 24.3 Å². The standard InChI is InChI=1S/C24H22N4O3S/c1-16(2)32(30,31)19-14-12-18(13-15-19)24(29)25-21-11-7-6-10-20(21)23-26-22(27-28-23)17-8-4-3-5-9-17/h3-16H,1-2H3,(H,25,29)(H,26,27,28). The lowest BCUT2D eigenvalue weighted by atomic mass is 10.1. The van der Waals surface area contributed by atoms with Gasteiger partial charge in [0.2, 0.25) is 0 Å². The molecule has 162 valence electrons. The number of amides is 1. The molecule has 0 fully saturated rings. The Kier molecular flexibility index (Phi) is 5.87. The average Bonchev–Trinajstić information content (AvgIpc) is 3.30. The largest absolute Gasteiger partial charge is 0.321 e. The molecule has 0 unspecified atom stereocenters. The van der Waals surface area contributed by atoms with Gasteiger partial charge in [-0.15, -0.1) is 0 Å². The molecule has 0 aliphatic carbocycles. The number of para-hydroxylation sites is 1. The summed E-state index contributed by atoms with van der Waals surface area (Å²) in [4.78, 5) is 17.6. The molecule has 0 radical (unpaired) electrons. The Morgan fingerprint density at radius 3 is 2.25 bits per heavy atom. The second-order valence-electron chi connectivity index (χ2n) is 7.49. The smallest absolute Gasteiger partial charge is 0.255 e. The highest BCUT2D eigenvalue weighted by atomic mass is 32.2. The Labute approximate surface area is 186 Å². The van der Waals surface area contributed by atoms with Gasteiger partial charge in [-0.05, 0) is 50.2 Å². The lowest BCUT2D eigenvalue weighted by Crippen LogP contribution is -2.15. The molecule has 4 rings (SSSR count). The molecule has 4 aromatic rings. The van der Waals surface area contributed by atoms with Crippen molar-refractivity contribution in [2.75, 3.05) is 5.32 Å². The van der Waals surface area contributed by atoms with Crippen LogP contribution in [0.2, 0.25) is 0 Å². The van der Waals surface area contributed by atoms with Crippen LogP contribution in [-0.2, 0) is 9.84 Å². The van der Waals surface area contributed by atoms with Crippen LogP contribution < -0.4 is 5.32 Å². The van der Waals surface area contributed by atoms with E-state index in [1.54, 1.807) is 19.9 Å². The van der Waals surface area contributed by atoms with Crippen LogP contribution >= 0.6 is 0 Å². The fourth-order valence-electron chi connectivity index (χ4n) is 3.16. The van der Waals surface area contributed by atoms with Crippen LogP contribution in [0.1, 0.15) is 24.2 Å². The minimum absolute atomic E-state index is 0.194. The molecule has 0 bridgehead atoms. The van der Waals surface area contributed by atoms with Gasteiger partial charge in [0.15, 0.2) is 21.5 Å². The van der Waals surface area contributed by atoms with Gasteiger partial charge in [0.05, 0.1) is 15.8 Å². The molecule has 2 N–H and O–H groups in total. The van der Waals surface area contributed by atoms with Gasteiger partial charge in [0.25, 0.3) is 5.91 Å². The van der Waals surface area contributed by atoms with E-state index in [9.17, 15) is 13.2 Å². The third kappa shape index (κ3) is 4.31. The molecule has 32 heavy (non-hydrogen) atoms. The van der Waals surface area contributed by atoms with Crippen molar-refractivity contribution >= 4 is 21.4 Å². The molecule has 3 aromatic carbocycles. The van der Waals surface area contributed by atoms with Crippen molar-refractivity contribution in [1.82, 2.24) is 15.2 Å². The predicted molar refractivity (Wildman–Crippen MR) is 124 cm³/mol. The van der Waals surface area contributed by atoms with Crippen LogP contribution in [0.25, 0.3) is 22.8 Å². The first-order valence-electron chi connectivity index (χ1n) is 10.1. The van der Waals surface area contributed by atoms with Gasteiger partial charge in [-0.2, -0.15) is 5.10 Å². The number of hydrogen-bond donors (Lipinski definition) is 2. The zero-order chi connectivity index (χ0) is 22.7. The summed E-state index contributed by atoms with van der Waals surface area (Å²) in [5.74, 6) is 0.732. The second kappa shape index (κ2) is 8.76. The number of nitrogens with one attached hydrogen (secondary N) is 2. The van der Waals surface area contributed by atoms with Gasteiger partial charge in [-0.25, -0.2) is 13.4 Å². The van der Waals surface area contributed by atoms with Crippen LogP contribution in [0.15, 0.2) is 83.8 Å². The SMILES string of the molecule is CC(C)S(=O)(=O)c1ccc(C(=O)Nc2ccccc2-c2nc(-c3ccccc3)n[nH]2)cc1. The van der Waals surface area contributed by atoms with Crippen molar-refractivity contribution < 1.29 is 13.2 Å². The summed E-state index contributed by atoms with van der Waals surface area (Å²) in [6.45, 7) is 3.25. The van der Waals surface area contributed by atoms with Crippen LogP contribution in [0.5, 0.6) is 0 Å². The van der Waals surface area contributed by atoms with E-state index in [-0.39, 0.29) is 10.8 Å². The summed E-state index contributed by atoms with van der Waals surface area (Å²) in [6, 6.07) is 22.8. The number of hydrogen-bond acceptors (Lipinski definition) is 5. The topological polar surface area (TPSA) is 105 Å². The van der Waals surface area contributed by atoms with Gasteiger partial charge in [-0.3, -0.25) is 9.89 Å². The quantitative estimate of drug-likeness (QED) is 0.451. The van der Waals surface area contributed by atoms with E-state index < -0.39 is 15.1 Å². The molecule has 0 spiro atoms. The van der Waals surface area contributed by atoms with Crippen molar-refractivity contribution in [3.8, 4) is 22.8 Å². The highest BCUT2D eigenvalue weighted by Gasteiger charge is 2.20. The van der Waals surface area contributed by atoms with Crippen LogP contribution in [0.3, 0.4) is 0 Å². The fourth-order valence-corrected chi connectivity index (χ4v) is 4.22. The third-order valence-corrected chi connectivity index (χ3v) is 7.18. The molecular formula is C24H22N4O3S. The van der Waals surface area contributed by atoms with Gasteiger partial charge in [0, 0.05) is 16.7 Å². The number of rotatable bonds is 6. The van der Waals surface area contributed by atoms with E-state index in [0.29, 0.717) is 28.5 Å². The Morgan fingerprint density at radius 1 is 0.906 bits per heavy atom. The van der Waals surface area contributed by atoms with Crippen molar-refractivity contribution in [3.05, 3.63) is 84.4 Å². The second-order valence-corrected chi connectivity index (χ2v) is 10.00. The summed E-state index contributed by atoms with van der Waals surface area (Å²) < 4.78 is 24.6. The highest BCUT2D eigenvalue weighted by molar-refractivity contribution is 7.92. The lowest BCUT2D eigenvalue weighted by molar-refractivity contribution is 0.102. The van der Waals surface area contributed by atoms with Gasteiger partial charge in [-0.1, -0.05) is 42.5 Å². The lowest BCUT2D eigenvalue weighted by Gasteiger charge is -2.11. The number of nitrogens with zero attached hydrogens (tertiary/aromatic N) is 2. The number of carbonyl (C=O) groups excluding carboxylic acids is 1. The molecule has 0 aliphatic rings. The Balaban J connectivity index is 1.58. The number of benzene rings is 3.